The summed E-state index contributed by atoms with van der Waals surface area (Å²) in [7, 11) is 2.68. The Labute approximate surface area is 110 Å². The van der Waals surface area contributed by atoms with Gasteiger partial charge in [-0.3, -0.25) is 9.63 Å². The van der Waals surface area contributed by atoms with Crippen molar-refractivity contribution in [3.63, 3.8) is 0 Å². The van der Waals surface area contributed by atoms with Crippen LogP contribution in [0.5, 0.6) is 0 Å². The average Bonchev–Trinajstić information content (AvgIpc) is 2.34. The highest BCUT2D eigenvalue weighted by atomic mass is 16.7. The summed E-state index contributed by atoms with van der Waals surface area (Å²) in [5.41, 5.74) is 0. The summed E-state index contributed by atoms with van der Waals surface area (Å²) < 4.78 is 0. The van der Waals surface area contributed by atoms with Gasteiger partial charge >= 0.3 is 12.2 Å². The van der Waals surface area contributed by atoms with Crippen molar-refractivity contribution in [2.24, 2.45) is 0 Å². The lowest BCUT2D eigenvalue weighted by Crippen LogP contribution is -2.46. The van der Waals surface area contributed by atoms with Crippen LogP contribution >= 0.6 is 0 Å². The number of amides is 3. The molecule has 0 heterocycles. The van der Waals surface area contributed by atoms with Crippen molar-refractivity contribution < 1.29 is 29.4 Å². The number of unbranched alkanes of at least 4 members (excludes halogenated alkanes) is 1. The van der Waals surface area contributed by atoms with Crippen LogP contribution in [0.4, 0.5) is 9.59 Å². The quantitative estimate of drug-likeness (QED) is 0.367. The summed E-state index contributed by atoms with van der Waals surface area (Å²) in [6.45, 7) is 0.253. The molecule has 0 aromatic heterocycles. The topological polar surface area (TPSA) is 128 Å². The van der Waals surface area contributed by atoms with E-state index in [-0.39, 0.29) is 13.0 Å². The number of likely N-dealkylation sites (N-methyl/N-ethyl adjacent to an activating group) is 1. The molecule has 0 aliphatic heterocycles. The van der Waals surface area contributed by atoms with Crippen LogP contribution in [-0.2, 0) is 9.63 Å². The smallest absolute Gasteiger partial charge is 0.405 e. The Balaban J connectivity index is 4.17. The van der Waals surface area contributed by atoms with Crippen molar-refractivity contribution in [2.75, 3.05) is 20.7 Å². The van der Waals surface area contributed by atoms with Crippen LogP contribution < -0.4 is 10.6 Å². The molecule has 3 amide bonds. The SMILES string of the molecule is CON(C)C(=O)[C@H](CCCCNC(=O)O)NC(=O)O. The van der Waals surface area contributed by atoms with Crippen LogP contribution in [0.15, 0.2) is 0 Å². The fraction of sp³-hybridized carbons (Fsp3) is 0.700. The molecular weight excluding hydrogens is 258 g/mol. The summed E-state index contributed by atoms with van der Waals surface area (Å²) >= 11 is 0. The molecule has 0 bridgehead atoms. The summed E-state index contributed by atoms with van der Waals surface area (Å²) in [5.74, 6) is -0.504. The van der Waals surface area contributed by atoms with Gasteiger partial charge in [0.2, 0.25) is 0 Å². The molecule has 0 aromatic rings. The molecule has 0 spiro atoms. The van der Waals surface area contributed by atoms with Gasteiger partial charge in [-0.15, -0.1) is 0 Å². The number of nitrogens with zero attached hydrogens (tertiary/aromatic N) is 1. The number of hydrogen-bond donors (Lipinski definition) is 4. The second-order valence-electron chi connectivity index (χ2n) is 3.75. The minimum absolute atomic E-state index is 0.253. The van der Waals surface area contributed by atoms with E-state index in [0.29, 0.717) is 12.8 Å². The Kier molecular flexibility index (Phi) is 8.02. The highest BCUT2D eigenvalue weighted by Crippen LogP contribution is 2.04. The molecule has 4 N–H and O–H groups in total. The van der Waals surface area contributed by atoms with E-state index in [9.17, 15) is 14.4 Å². The van der Waals surface area contributed by atoms with Gasteiger partial charge in [0.25, 0.3) is 5.91 Å². The van der Waals surface area contributed by atoms with Gasteiger partial charge in [-0.2, -0.15) is 0 Å². The predicted octanol–water partition coefficient (Wildman–Crippen LogP) is 0.0803. The first-order valence-corrected chi connectivity index (χ1v) is 5.66. The van der Waals surface area contributed by atoms with Crippen molar-refractivity contribution in [2.45, 2.75) is 25.3 Å². The van der Waals surface area contributed by atoms with Crippen LogP contribution in [0.25, 0.3) is 0 Å². The van der Waals surface area contributed by atoms with E-state index >= 15 is 0 Å². The van der Waals surface area contributed by atoms with Crippen LogP contribution in [0, 0.1) is 0 Å². The Morgan fingerprint density at radius 1 is 1.21 bits per heavy atom. The monoisotopic (exact) mass is 277 g/mol. The molecular formula is C10H19N3O6. The molecule has 0 aliphatic carbocycles. The van der Waals surface area contributed by atoms with E-state index in [1.54, 1.807) is 0 Å². The van der Waals surface area contributed by atoms with Crippen LogP contribution in [0.1, 0.15) is 19.3 Å². The maximum absolute atomic E-state index is 11.7. The summed E-state index contributed by atoms with van der Waals surface area (Å²) in [4.78, 5) is 37.2. The number of carboxylic acid groups (broad SMARTS) is 2. The molecule has 9 nitrogen and oxygen atoms in total. The molecule has 0 saturated heterocycles. The van der Waals surface area contributed by atoms with Crippen LogP contribution in [0.3, 0.4) is 0 Å². The standard InChI is InChI=1S/C10H19N3O6/c1-13(19-2)8(14)7(12-10(17)18)5-3-4-6-11-9(15)16/h7,11-12H,3-6H2,1-2H3,(H,15,16)(H,17,18)/t7-/m0/s1. The van der Waals surface area contributed by atoms with E-state index in [2.05, 4.69) is 10.6 Å². The minimum Gasteiger partial charge on any atom is -0.465 e. The molecule has 0 saturated carbocycles. The molecule has 0 fully saturated rings. The maximum atomic E-state index is 11.7. The van der Waals surface area contributed by atoms with E-state index in [1.165, 1.54) is 14.2 Å². The third kappa shape index (κ3) is 7.82. The number of carbonyl (C=O) groups excluding carboxylic acids is 1. The summed E-state index contributed by atoms with van der Waals surface area (Å²) in [5, 5.41) is 22.2. The number of nitrogens with one attached hydrogen (secondary N) is 2. The Bertz CT molecular complexity index is 322. The molecule has 0 aliphatic rings. The fourth-order valence-corrected chi connectivity index (χ4v) is 1.38. The molecule has 9 heteroatoms. The van der Waals surface area contributed by atoms with Crippen molar-refractivity contribution in [3.05, 3.63) is 0 Å². The molecule has 0 unspecified atom stereocenters. The molecule has 19 heavy (non-hydrogen) atoms. The van der Waals surface area contributed by atoms with Gasteiger partial charge in [0, 0.05) is 13.6 Å². The lowest BCUT2D eigenvalue weighted by molar-refractivity contribution is -0.171. The van der Waals surface area contributed by atoms with E-state index in [4.69, 9.17) is 15.1 Å². The Hall–Kier alpha value is -2.03. The first-order valence-electron chi connectivity index (χ1n) is 5.66. The summed E-state index contributed by atoms with van der Waals surface area (Å²) in [6.07, 6.45) is -1.15. The average molecular weight is 277 g/mol. The zero-order chi connectivity index (χ0) is 14.8. The molecule has 0 rings (SSSR count). The van der Waals surface area contributed by atoms with Crippen molar-refractivity contribution in [1.29, 1.82) is 0 Å². The van der Waals surface area contributed by atoms with Crippen LogP contribution in [0.2, 0.25) is 0 Å². The number of hydrogen-bond acceptors (Lipinski definition) is 4. The molecule has 110 valence electrons. The Morgan fingerprint density at radius 2 is 1.84 bits per heavy atom. The van der Waals surface area contributed by atoms with Crippen molar-refractivity contribution >= 4 is 18.1 Å². The fourth-order valence-electron chi connectivity index (χ4n) is 1.38. The highest BCUT2D eigenvalue weighted by molar-refractivity contribution is 5.84. The number of carbonyl (C=O) groups is 3. The lowest BCUT2D eigenvalue weighted by Gasteiger charge is -2.21. The predicted molar refractivity (Wildman–Crippen MR) is 64.6 cm³/mol. The first kappa shape index (κ1) is 17.0. The largest absolute Gasteiger partial charge is 0.465 e. The zero-order valence-electron chi connectivity index (χ0n) is 10.9. The van der Waals surface area contributed by atoms with E-state index in [1.807, 2.05) is 0 Å². The van der Waals surface area contributed by atoms with E-state index < -0.39 is 24.1 Å². The van der Waals surface area contributed by atoms with Gasteiger partial charge < -0.3 is 20.8 Å². The van der Waals surface area contributed by atoms with Gasteiger partial charge in [-0.25, -0.2) is 14.7 Å². The van der Waals surface area contributed by atoms with Crippen LogP contribution in [-0.4, -0.2) is 60.1 Å². The highest BCUT2D eigenvalue weighted by Gasteiger charge is 2.23. The Morgan fingerprint density at radius 3 is 2.32 bits per heavy atom. The second-order valence-corrected chi connectivity index (χ2v) is 3.75. The van der Waals surface area contributed by atoms with Gasteiger partial charge in [-0.1, -0.05) is 0 Å². The van der Waals surface area contributed by atoms with Crippen molar-refractivity contribution in [1.82, 2.24) is 15.7 Å². The first-order chi connectivity index (χ1) is 8.88. The van der Waals surface area contributed by atoms with Gasteiger partial charge in [-0.05, 0) is 19.3 Å². The van der Waals surface area contributed by atoms with Gasteiger partial charge in [0.05, 0.1) is 7.11 Å². The third-order valence-corrected chi connectivity index (χ3v) is 2.38. The third-order valence-electron chi connectivity index (χ3n) is 2.38. The molecule has 1 atom stereocenters. The summed E-state index contributed by atoms with van der Waals surface area (Å²) in [6, 6.07) is -0.910. The lowest BCUT2D eigenvalue weighted by atomic mass is 10.1. The molecule has 0 radical (unpaired) electrons. The normalized spacial score (nSPS) is 11.5. The van der Waals surface area contributed by atoms with Crippen molar-refractivity contribution in [3.8, 4) is 0 Å². The van der Waals surface area contributed by atoms with Gasteiger partial charge in [0.15, 0.2) is 0 Å². The second kappa shape index (κ2) is 8.97. The van der Waals surface area contributed by atoms with E-state index in [0.717, 1.165) is 5.06 Å². The number of hydroxylamine groups is 2. The number of rotatable bonds is 8. The minimum atomic E-state index is -1.30. The van der Waals surface area contributed by atoms with Gasteiger partial charge in [0.1, 0.15) is 6.04 Å². The molecule has 0 aromatic carbocycles. The zero-order valence-corrected chi connectivity index (χ0v) is 10.9. The maximum Gasteiger partial charge on any atom is 0.405 e.